The summed E-state index contributed by atoms with van der Waals surface area (Å²) in [4.78, 5) is 33.1. The lowest BCUT2D eigenvalue weighted by Crippen LogP contribution is -2.41. The maximum absolute atomic E-state index is 11.6. The number of hydrogen-bond acceptors (Lipinski definition) is 4. The highest BCUT2D eigenvalue weighted by Crippen LogP contribution is 2.02. The van der Waals surface area contributed by atoms with Crippen LogP contribution in [0.2, 0.25) is 0 Å². The van der Waals surface area contributed by atoms with Crippen LogP contribution < -0.4 is 5.84 Å². The second-order valence-electron chi connectivity index (χ2n) is 3.05. The highest BCUT2D eigenvalue weighted by atomic mass is 16.4. The van der Waals surface area contributed by atoms with Gasteiger partial charge in [-0.2, -0.15) is 0 Å². The van der Waals surface area contributed by atoms with Crippen molar-refractivity contribution in [2.24, 2.45) is 5.84 Å². The predicted molar refractivity (Wildman–Crippen MR) is 58.6 cm³/mol. The Kier molecular flexibility index (Phi) is 4.13. The first-order valence-corrected chi connectivity index (χ1v) is 4.61. The fourth-order valence-electron chi connectivity index (χ4n) is 1.04. The summed E-state index contributed by atoms with van der Waals surface area (Å²) in [6.07, 6.45) is 1.32. The van der Waals surface area contributed by atoms with Crippen LogP contribution in [-0.4, -0.2) is 27.9 Å². The second-order valence-corrected chi connectivity index (χ2v) is 3.05. The first kappa shape index (κ1) is 12.6. The van der Waals surface area contributed by atoms with E-state index in [2.05, 4.69) is 0 Å². The van der Waals surface area contributed by atoms with Crippen molar-refractivity contribution < 1.29 is 19.5 Å². The monoisotopic (exact) mass is 234 g/mol. The third-order valence-corrected chi connectivity index (χ3v) is 1.85. The van der Waals surface area contributed by atoms with Crippen LogP contribution in [-0.2, 0) is 9.59 Å². The number of carboxylic acids is 1. The first-order valence-electron chi connectivity index (χ1n) is 4.61. The van der Waals surface area contributed by atoms with Gasteiger partial charge >= 0.3 is 5.97 Å². The number of carbonyl (C=O) groups is 3. The molecule has 3 N–H and O–H groups in total. The van der Waals surface area contributed by atoms with E-state index in [0.29, 0.717) is 17.2 Å². The standard InChI is InChI=1S/C11H10N2O4/c12-13(9(14)6-7-10(15)16)11(17)8-4-2-1-3-5-8/h1-7H,12H2,(H,15,16)/b7-6+. The van der Waals surface area contributed by atoms with Gasteiger partial charge in [0, 0.05) is 17.7 Å². The first-order chi connectivity index (χ1) is 8.02. The van der Waals surface area contributed by atoms with Gasteiger partial charge in [0.15, 0.2) is 0 Å². The molecule has 0 saturated carbocycles. The molecule has 0 saturated heterocycles. The van der Waals surface area contributed by atoms with Crippen molar-refractivity contribution in [1.29, 1.82) is 0 Å². The Morgan fingerprint density at radius 1 is 1.12 bits per heavy atom. The van der Waals surface area contributed by atoms with Gasteiger partial charge in [-0.15, -0.1) is 0 Å². The minimum absolute atomic E-state index is 0.243. The molecule has 17 heavy (non-hydrogen) atoms. The van der Waals surface area contributed by atoms with Crippen molar-refractivity contribution in [2.75, 3.05) is 0 Å². The summed E-state index contributed by atoms with van der Waals surface area (Å²) in [6, 6.07) is 7.95. The minimum atomic E-state index is -1.29. The largest absolute Gasteiger partial charge is 0.478 e. The lowest BCUT2D eigenvalue weighted by molar-refractivity contribution is -0.132. The molecule has 0 spiro atoms. The molecule has 0 radical (unpaired) electrons. The fourth-order valence-corrected chi connectivity index (χ4v) is 1.04. The van der Waals surface area contributed by atoms with E-state index in [9.17, 15) is 14.4 Å². The Bertz CT molecular complexity index is 468. The van der Waals surface area contributed by atoms with Crippen molar-refractivity contribution in [3.05, 3.63) is 48.0 Å². The second kappa shape index (κ2) is 5.57. The van der Waals surface area contributed by atoms with E-state index in [1.54, 1.807) is 18.2 Å². The summed E-state index contributed by atoms with van der Waals surface area (Å²) in [5, 5.41) is 8.67. The maximum atomic E-state index is 11.6. The van der Waals surface area contributed by atoms with E-state index in [1.165, 1.54) is 12.1 Å². The van der Waals surface area contributed by atoms with E-state index in [0.717, 1.165) is 0 Å². The van der Waals surface area contributed by atoms with Crippen molar-refractivity contribution >= 4 is 17.8 Å². The number of rotatable bonds is 3. The molecule has 0 aliphatic carbocycles. The van der Waals surface area contributed by atoms with Gasteiger partial charge in [0.25, 0.3) is 11.8 Å². The quantitative estimate of drug-likeness (QED) is 0.336. The van der Waals surface area contributed by atoms with Gasteiger partial charge in [-0.05, 0) is 12.1 Å². The highest BCUT2D eigenvalue weighted by molar-refractivity contribution is 6.08. The fraction of sp³-hybridized carbons (Fsp3) is 0. The summed E-state index contributed by atoms with van der Waals surface area (Å²) < 4.78 is 0. The van der Waals surface area contributed by atoms with Crippen LogP contribution in [0.1, 0.15) is 10.4 Å². The smallest absolute Gasteiger partial charge is 0.328 e. The maximum Gasteiger partial charge on any atom is 0.328 e. The van der Waals surface area contributed by atoms with Gasteiger partial charge in [0.1, 0.15) is 0 Å². The lowest BCUT2D eigenvalue weighted by Gasteiger charge is -2.11. The molecule has 2 amide bonds. The minimum Gasteiger partial charge on any atom is -0.478 e. The number of carbonyl (C=O) groups excluding carboxylic acids is 2. The van der Waals surface area contributed by atoms with Crippen molar-refractivity contribution in [3.63, 3.8) is 0 Å². The third kappa shape index (κ3) is 3.54. The summed E-state index contributed by atoms with van der Waals surface area (Å²) >= 11 is 0. The number of nitrogens with two attached hydrogens (primary N) is 1. The molecule has 0 atom stereocenters. The van der Waals surface area contributed by atoms with E-state index < -0.39 is 17.8 Å². The van der Waals surface area contributed by atoms with Gasteiger partial charge in [-0.25, -0.2) is 15.6 Å². The van der Waals surface area contributed by atoms with Crippen LogP contribution >= 0.6 is 0 Å². The van der Waals surface area contributed by atoms with Gasteiger partial charge in [0.05, 0.1) is 0 Å². The molecule has 6 nitrogen and oxygen atoms in total. The molecular weight excluding hydrogens is 224 g/mol. The molecule has 0 fully saturated rings. The van der Waals surface area contributed by atoms with Gasteiger partial charge in [-0.3, -0.25) is 9.59 Å². The molecule has 6 heteroatoms. The molecule has 0 aromatic heterocycles. The average molecular weight is 234 g/mol. The number of amides is 2. The van der Waals surface area contributed by atoms with Crippen LogP contribution in [0.25, 0.3) is 0 Å². The zero-order chi connectivity index (χ0) is 12.8. The average Bonchev–Trinajstić information content (AvgIpc) is 2.35. The number of hydrogen-bond donors (Lipinski definition) is 2. The van der Waals surface area contributed by atoms with Crippen LogP contribution in [0, 0.1) is 0 Å². The summed E-state index contributed by atoms with van der Waals surface area (Å²) in [5.74, 6) is 2.37. The lowest BCUT2D eigenvalue weighted by atomic mass is 10.2. The Morgan fingerprint density at radius 2 is 1.71 bits per heavy atom. The molecule has 0 unspecified atom stereocenters. The van der Waals surface area contributed by atoms with Crippen LogP contribution in [0.3, 0.4) is 0 Å². The zero-order valence-corrected chi connectivity index (χ0v) is 8.74. The normalized spacial score (nSPS) is 10.2. The predicted octanol–water partition coefficient (Wildman–Crippen LogP) is 0.170. The Morgan fingerprint density at radius 3 is 2.24 bits per heavy atom. The van der Waals surface area contributed by atoms with E-state index in [4.69, 9.17) is 10.9 Å². The van der Waals surface area contributed by atoms with E-state index in [1.807, 2.05) is 0 Å². The van der Waals surface area contributed by atoms with Crippen LogP contribution in [0.15, 0.2) is 42.5 Å². The zero-order valence-electron chi connectivity index (χ0n) is 8.74. The third-order valence-electron chi connectivity index (χ3n) is 1.85. The van der Waals surface area contributed by atoms with Crippen molar-refractivity contribution in [2.45, 2.75) is 0 Å². The van der Waals surface area contributed by atoms with E-state index in [-0.39, 0.29) is 5.56 Å². The molecule has 1 rings (SSSR count). The molecule has 0 bridgehead atoms. The van der Waals surface area contributed by atoms with Gasteiger partial charge in [-0.1, -0.05) is 18.2 Å². The molecule has 1 aromatic rings. The summed E-state index contributed by atoms with van der Waals surface area (Å²) in [6.45, 7) is 0. The number of imide groups is 1. The molecule has 88 valence electrons. The summed E-state index contributed by atoms with van der Waals surface area (Å²) in [5.41, 5.74) is 0.243. The SMILES string of the molecule is NN(C(=O)/C=C/C(=O)O)C(=O)c1ccccc1. The van der Waals surface area contributed by atoms with Gasteiger partial charge in [0.2, 0.25) is 0 Å². The number of benzene rings is 1. The Labute approximate surface area is 96.9 Å². The van der Waals surface area contributed by atoms with Crippen molar-refractivity contribution in [3.8, 4) is 0 Å². The number of aliphatic carboxylic acids is 1. The topological polar surface area (TPSA) is 101 Å². The highest BCUT2D eigenvalue weighted by Gasteiger charge is 2.17. The summed E-state index contributed by atoms with van der Waals surface area (Å²) in [7, 11) is 0. The molecule has 1 aromatic carbocycles. The van der Waals surface area contributed by atoms with Gasteiger partial charge < -0.3 is 5.11 Å². The molecular formula is C11H10N2O4. The Balaban J connectivity index is 2.77. The number of hydrazine groups is 1. The van der Waals surface area contributed by atoms with E-state index >= 15 is 0 Å². The Hall–Kier alpha value is -2.47. The molecule has 0 aliphatic heterocycles. The van der Waals surface area contributed by atoms with Crippen LogP contribution in [0.4, 0.5) is 0 Å². The number of carboxylic acid groups (broad SMARTS) is 1. The van der Waals surface area contributed by atoms with Crippen molar-refractivity contribution in [1.82, 2.24) is 5.01 Å². The molecule has 0 heterocycles. The molecule has 0 aliphatic rings. The van der Waals surface area contributed by atoms with Crippen LogP contribution in [0.5, 0.6) is 0 Å². The number of nitrogens with zero attached hydrogens (tertiary/aromatic N) is 1.